The fraction of sp³-hybridized carbons (Fsp3) is 0.389. The predicted octanol–water partition coefficient (Wildman–Crippen LogP) is 3.35. The van der Waals surface area contributed by atoms with Gasteiger partial charge in [0.05, 0.1) is 0 Å². The summed E-state index contributed by atoms with van der Waals surface area (Å²) in [5.74, 6) is 0.739. The lowest BCUT2D eigenvalue weighted by Gasteiger charge is -2.32. The molecule has 0 spiro atoms. The topological polar surface area (TPSA) is 47.7 Å². The molecule has 1 saturated heterocycles. The number of rotatable bonds is 4. The molecule has 1 atom stereocenters. The van der Waals surface area contributed by atoms with Crippen molar-refractivity contribution in [2.24, 2.45) is 5.92 Å². The molecule has 0 radical (unpaired) electrons. The van der Waals surface area contributed by atoms with Crippen LogP contribution in [-0.2, 0) is 13.0 Å². The van der Waals surface area contributed by atoms with Crippen molar-refractivity contribution >= 4 is 10.9 Å². The molecule has 4 heteroatoms. The number of hydrogen-bond donors (Lipinski definition) is 2. The fourth-order valence-corrected chi connectivity index (χ4v) is 3.62. The number of benzene rings is 1. The molecular weight excluding hydrogens is 272 g/mol. The van der Waals surface area contributed by atoms with Crippen LogP contribution in [0.5, 0.6) is 0 Å². The van der Waals surface area contributed by atoms with E-state index in [1.54, 1.807) is 0 Å². The minimum Gasteiger partial charge on any atom is -0.361 e. The third-order valence-electron chi connectivity index (χ3n) is 4.70. The Balaban J connectivity index is 1.41. The standard InChI is InChI=1S/C18H22N4/c1-2-14(10-17-6-8-20-21-17)12-22(9-1)13-15-3-4-16-5-7-19-18(16)11-15/h3-8,11,14,19H,1-2,9-10,12-13H2,(H,20,21). The van der Waals surface area contributed by atoms with Crippen LogP contribution in [0, 0.1) is 5.92 Å². The summed E-state index contributed by atoms with van der Waals surface area (Å²) in [7, 11) is 0. The van der Waals surface area contributed by atoms with E-state index in [0.717, 1.165) is 18.9 Å². The molecule has 114 valence electrons. The third kappa shape index (κ3) is 2.92. The zero-order valence-electron chi connectivity index (χ0n) is 12.8. The van der Waals surface area contributed by atoms with Crippen LogP contribution in [0.15, 0.2) is 42.7 Å². The number of nitrogens with zero attached hydrogens (tertiary/aromatic N) is 2. The molecule has 0 bridgehead atoms. The predicted molar refractivity (Wildman–Crippen MR) is 88.6 cm³/mol. The van der Waals surface area contributed by atoms with Crippen LogP contribution in [0.25, 0.3) is 10.9 Å². The molecule has 1 fully saturated rings. The van der Waals surface area contributed by atoms with Crippen LogP contribution >= 0.6 is 0 Å². The van der Waals surface area contributed by atoms with E-state index in [0.29, 0.717) is 0 Å². The number of fused-ring (bicyclic) bond motifs is 1. The first kappa shape index (κ1) is 13.6. The number of nitrogens with one attached hydrogen (secondary N) is 2. The Kier molecular flexibility index (Phi) is 3.69. The van der Waals surface area contributed by atoms with Gasteiger partial charge in [-0.3, -0.25) is 10.00 Å². The molecule has 0 saturated carbocycles. The monoisotopic (exact) mass is 294 g/mol. The van der Waals surface area contributed by atoms with Gasteiger partial charge in [0.25, 0.3) is 0 Å². The maximum absolute atomic E-state index is 4.06. The van der Waals surface area contributed by atoms with E-state index < -0.39 is 0 Å². The van der Waals surface area contributed by atoms with Crippen molar-refractivity contribution in [2.75, 3.05) is 13.1 Å². The van der Waals surface area contributed by atoms with Crippen LogP contribution in [0.4, 0.5) is 0 Å². The van der Waals surface area contributed by atoms with Gasteiger partial charge in [-0.05, 0) is 60.9 Å². The molecule has 0 aliphatic carbocycles. The van der Waals surface area contributed by atoms with E-state index in [-0.39, 0.29) is 0 Å². The Morgan fingerprint density at radius 1 is 1.23 bits per heavy atom. The molecule has 22 heavy (non-hydrogen) atoms. The highest BCUT2D eigenvalue weighted by Crippen LogP contribution is 2.22. The fourth-order valence-electron chi connectivity index (χ4n) is 3.62. The van der Waals surface area contributed by atoms with Crippen molar-refractivity contribution in [1.29, 1.82) is 0 Å². The van der Waals surface area contributed by atoms with E-state index in [9.17, 15) is 0 Å². The Bertz CT molecular complexity index is 728. The lowest BCUT2D eigenvalue weighted by atomic mass is 9.93. The highest BCUT2D eigenvalue weighted by molar-refractivity contribution is 5.79. The lowest BCUT2D eigenvalue weighted by molar-refractivity contribution is 0.166. The lowest BCUT2D eigenvalue weighted by Crippen LogP contribution is -2.35. The van der Waals surface area contributed by atoms with Gasteiger partial charge in [0.1, 0.15) is 0 Å². The van der Waals surface area contributed by atoms with Crippen molar-refractivity contribution in [2.45, 2.75) is 25.8 Å². The first-order valence-electron chi connectivity index (χ1n) is 8.13. The minimum absolute atomic E-state index is 0.739. The van der Waals surface area contributed by atoms with Gasteiger partial charge in [-0.25, -0.2) is 0 Å². The van der Waals surface area contributed by atoms with Gasteiger partial charge < -0.3 is 4.98 Å². The second-order valence-corrected chi connectivity index (χ2v) is 6.43. The Morgan fingerprint density at radius 2 is 2.23 bits per heavy atom. The number of piperidine rings is 1. The van der Waals surface area contributed by atoms with Crippen molar-refractivity contribution in [1.82, 2.24) is 20.1 Å². The zero-order chi connectivity index (χ0) is 14.8. The summed E-state index contributed by atoms with van der Waals surface area (Å²) >= 11 is 0. The van der Waals surface area contributed by atoms with Crippen LogP contribution in [-0.4, -0.2) is 33.2 Å². The quantitative estimate of drug-likeness (QED) is 0.775. The first-order chi connectivity index (χ1) is 10.9. The van der Waals surface area contributed by atoms with Crippen molar-refractivity contribution in [3.63, 3.8) is 0 Å². The normalized spacial score (nSPS) is 19.7. The maximum atomic E-state index is 4.06. The van der Waals surface area contributed by atoms with Crippen LogP contribution < -0.4 is 0 Å². The summed E-state index contributed by atoms with van der Waals surface area (Å²) in [5, 5.41) is 8.44. The number of aromatic amines is 2. The zero-order valence-corrected chi connectivity index (χ0v) is 12.8. The minimum atomic E-state index is 0.739. The number of hydrogen-bond acceptors (Lipinski definition) is 2. The molecule has 3 heterocycles. The average Bonchev–Trinajstić information content (AvgIpc) is 3.18. The summed E-state index contributed by atoms with van der Waals surface area (Å²) in [6, 6.07) is 11.0. The highest BCUT2D eigenvalue weighted by Gasteiger charge is 2.20. The summed E-state index contributed by atoms with van der Waals surface area (Å²) in [6.45, 7) is 3.44. The van der Waals surface area contributed by atoms with Crippen molar-refractivity contribution in [3.8, 4) is 0 Å². The van der Waals surface area contributed by atoms with Gasteiger partial charge >= 0.3 is 0 Å². The van der Waals surface area contributed by atoms with Crippen LogP contribution in [0.1, 0.15) is 24.1 Å². The molecule has 3 aromatic rings. The van der Waals surface area contributed by atoms with Gasteiger partial charge in [-0.15, -0.1) is 0 Å². The van der Waals surface area contributed by atoms with Crippen molar-refractivity contribution < 1.29 is 0 Å². The second-order valence-electron chi connectivity index (χ2n) is 6.43. The molecule has 1 aliphatic rings. The highest BCUT2D eigenvalue weighted by atomic mass is 15.1. The molecule has 1 unspecified atom stereocenters. The average molecular weight is 294 g/mol. The van der Waals surface area contributed by atoms with Crippen LogP contribution in [0.2, 0.25) is 0 Å². The molecular formula is C18H22N4. The summed E-state index contributed by atoms with van der Waals surface area (Å²) in [5.41, 5.74) is 3.90. The van der Waals surface area contributed by atoms with Gasteiger partial charge in [0.15, 0.2) is 0 Å². The molecule has 4 rings (SSSR count). The molecule has 2 N–H and O–H groups in total. The summed E-state index contributed by atoms with van der Waals surface area (Å²) < 4.78 is 0. The Hall–Kier alpha value is -2.07. The van der Waals surface area contributed by atoms with E-state index in [1.165, 1.54) is 48.1 Å². The van der Waals surface area contributed by atoms with E-state index >= 15 is 0 Å². The Morgan fingerprint density at radius 3 is 3.14 bits per heavy atom. The van der Waals surface area contributed by atoms with E-state index in [1.807, 2.05) is 12.4 Å². The molecule has 4 nitrogen and oxygen atoms in total. The first-order valence-corrected chi connectivity index (χ1v) is 8.13. The maximum Gasteiger partial charge on any atom is 0.0490 e. The SMILES string of the molecule is c1cc(CC2CCCN(Cc3ccc4cc[nH]c4c3)C2)[nH]n1. The van der Waals surface area contributed by atoms with Gasteiger partial charge in [-0.1, -0.05) is 12.1 Å². The molecule has 1 aliphatic heterocycles. The number of H-pyrrole nitrogens is 2. The van der Waals surface area contributed by atoms with Gasteiger partial charge in [-0.2, -0.15) is 5.10 Å². The van der Waals surface area contributed by atoms with E-state index in [4.69, 9.17) is 0 Å². The summed E-state index contributed by atoms with van der Waals surface area (Å²) in [6.07, 6.45) is 7.60. The number of aromatic nitrogens is 3. The summed E-state index contributed by atoms with van der Waals surface area (Å²) in [4.78, 5) is 5.90. The molecule has 2 aromatic heterocycles. The molecule has 1 aromatic carbocycles. The third-order valence-corrected chi connectivity index (χ3v) is 4.70. The smallest absolute Gasteiger partial charge is 0.0490 e. The largest absolute Gasteiger partial charge is 0.361 e. The van der Waals surface area contributed by atoms with Gasteiger partial charge in [0, 0.05) is 36.7 Å². The number of likely N-dealkylation sites (tertiary alicyclic amines) is 1. The van der Waals surface area contributed by atoms with Gasteiger partial charge in [0.2, 0.25) is 0 Å². The second kappa shape index (κ2) is 5.97. The van der Waals surface area contributed by atoms with Crippen molar-refractivity contribution in [3.05, 3.63) is 54.0 Å². The van der Waals surface area contributed by atoms with Crippen LogP contribution in [0.3, 0.4) is 0 Å². The molecule has 0 amide bonds. The van der Waals surface area contributed by atoms with E-state index in [2.05, 4.69) is 50.4 Å². The Labute approximate surface area is 130 Å².